The number of rotatable bonds is 2. The molecule has 0 aliphatic heterocycles. The highest BCUT2D eigenvalue weighted by Crippen LogP contribution is 2.27. The van der Waals surface area contributed by atoms with Crippen LogP contribution in [-0.4, -0.2) is 4.57 Å². The van der Waals surface area contributed by atoms with Crippen LogP contribution in [0.5, 0.6) is 0 Å². The van der Waals surface area contributed by atoms with Crippen LogP contribution in [0.2, 0.25) is 0 Å². The third-order valence-electron chi connectivity index (χ3n) is 1.81. The van der Waals surface area contributed by atoms with Crippen molar-refractivity contribution in [1.82, 2.24) is 4.57 Å². The van der Waals surface area contributed by atoms with E-state index in [0.717, 1.165) is 22.9 Å². The second kappa shape index (κ2) is 4.22. The van der Waals surface area contributed by atoms with Gasteiger partial charge in [0.2, 0.25) is 0 Å². The Kier molecular flexibility index (Phi) is 3.20. The van der Waals surface area contributed by atoms with Gasteiger partial charge in [-0.15, -0.1) is 12.3 Å². The van der Waals surface area contributed by atoms with Crippen LogP contribution < -0.4 is 5.56 Å². The van der Waals surface area contributed by atoms with Crippen molar-refractivity contribution in [2.24, 2.45) is 0 Å². The number of hydrogen-bond donors (Lipinski definition) is 0. The molecule has 1 rings (SSSR count). The summed E-state index contributed by atoms with van der Waals surface area (Å²) >= 11 is 0. The molecule has 0 spiro atoms. The Bertz CT molecular complexity index is 439. The molecule has 0 saturated carbocycles. The zero-order valence-electron chi connectivity index (χ0n) is 7.71. The van der Waals surface area contributed by atoms with Gasteiger partial charge in [-0.1, -0.05) is 0 Å². The van der Waals surface area contributed by atoms with Crippen molar-refractivity contribution in [1.29, 1.82) is 0 Å². The molecular weight excluding hydrogens is 207 g/mol. The van der Waals surface area contributed by atoms with E-state index >= 15 is 0 Å². The minimum atomic E-state index is -4.44. The molecule has 1 aromatic rings. The third kappa shape index (κ3) is 2.88. The molecule has 0 N–H and O–H groups in total. The quantitative estimate of drug-likeness (QED) is 0.690. The van der Waals surface area contributed by atoms with E-state index < -0.39 is 17.3 Å². The summed E-state index contributed by atoms with van der Waals surface area (Å²) in [6.07, 6.45) is 1.52. The van der Waals surface area contributed by atoms with E-state index in [1.807, 2.05) is 0 Å². The maximum atomic E-state index is 12.3. The molecule has 5 heteroatoms. The summed E-state index contributed by atoms with van der Waals surface area (Å²) in [5.41, 5.74) is -1.34. The molecule has 0 saturated heterocycles. The molecule has 0 fully saturated rings. The summed E-state index contributed by atoms with van der Waals surface area (Å²) in [5, 5.41) is 0. The minimum Gasteiger partial charge on any atom is -0.314 e. The lowest BCUT2D eigenvalue weighted by molar-refractivity contribution is -0.138. The fourth-order valence-electron chi connectivity index (χ4n) is 1.06. The highest BCUT2D eigenvalue weighted by Gasteiger charge is 2.30. The molecule has 80 valence electrons. The van der Waals surface area contributed by atoms with Crippen molar-refractivity contribution in [3.63, 3.8) is 0 Å². The van der Waals surface area contributed by atoms with Gasteiger partial charge in [-0.05, 0) is 6.07 Å². The van der Waals surface area contributed by atoms with Gasteiger partial charge in [0.25, 0.3) is 5.56 Å². The Labute approximate surface area is 84.3 Å². The number of aryl methyl sites for hydroxylation is 1. The van der Waals surface area contributed by atoms with Gasteiger partial charge in [-0.2, -0.15) is 13.2 Å². The second-order valence-corrected chi connectivity index (χ2v) is 2.90. The fourth-order valence-corrected chi connectivity index (χ4v) is 1.06. The predicted molar refractivity (Wildman–Crippen MR) is 49.2 cm³/mol. The Balaban J connectivity index is 3.07. The minimum absolute atomic E-state index is 0.0965. The van der Waals surface area contributed by atoms with Gasteiger partial charge in [0.15, 0.2) is 0 Å². The number of hydrogen-bond acceptors (Lipinski definition) is 1. The number of aromatic nitrogens is 1. The summed E-state index contributed by atoms with van der Waals surface area (Å²) in [5.74, 6) is 2.26. The van der Waals surface area contributed by atoms with Crippen LogP contribution in [0.25, 0.3) is 0 Å². The zero-order chi connectivity index (χ0) is 11.5. The first-order valence-electron chi connectivity index (χ1n) is 4.16. The molecule has 0 unspecified atom stereocenters. The Morgan fingerprint density at radius 2 is 2.07 bits per heavy atom. The monoisotopic (exact) mass is 215 g/mol. The average Bonchev–Trinajstić information content (AvgIpc) is 2.15. The van der Waals surface area contributed by atoms with Gasteiger partial charge >= 0.3 is 6.18 Å². The molecule has 0 atom stereocenters. The first kappa shape index (κ1) is 11.4. The van der Waals surface area contributed by atoms with Crippen molar-refractivity contribution >= 4 is 0 Å². The van der Waals surface area contributed by atoms with Crippen molar-refractivity contribution in [2.45, 2.75) is 19.1 Å². The molecule has 0 radical (unpaired) electrons. The molecule has 0 aromatic carbocycles. The van der Waals surface area contributed by atoms with Crippen molar-refractivity contribution in [3.8, 4) is 12.3 Å². The maximum absolute atomic E-state index is 12.3. The summed E-state index contributed by atoms with van der Waals surface area (Å²) in [7, 11) is 0. The SMILES string of the molecule is C#CCCn1cc(C(F)(F)F)ccc1=O. The fraction of sp³-hybridized carbons (Fsp3) is 0.300. The summed E-state index contributed by atoms with van der Waals surface area (Å²) in [6, 6.07) is 1.65. The van der Waals surface area contributed by atoms with Crippen LogP contribution in [0.1, 0.15) is 12.0 Å². The number of pyridine rings is 1. The summed E-state index contributed by atoms with van der Waals surface area (Å²) < 4.78 is 37.8. The summed E-state index contributed by atoms with van der Waals surface area (Å²) in [6.45, 7) is 0.0965. The van der Waals surface area contributed by atoms with Crippen LogP contribution in [0, 0.1) is 12.3 Å². The third-order valence-corrected chi connectivity index (χ3v) is 1.81. The zero-order valence-corrected chi connectivity index (χ0v) is 7.71. The molecule has 1 heterocycles. The predicted octanol–water partition coefficient (Wildman–Crippen LogP) is 1.89. The first-order chi connectivity index (χ1) is 6.95. The lowest BCUT2D eigenvalue weighted by Gasteiger charge is -2.09. The van der Waals surface area contributed by atoms with Gasteiger partial charge in [-0.25, -0.2) is 0 Å². The van der Waals surface area contributed by atoms with Crippen LogP contribution in [0.3, 0.4) is 0 Å². The van der Waals surface area contributed by atoms with Crippen molar-refractivity contribution in [2.75, 3.05) is 0 Å². The molecular formula is C10H8F3NO. The highest BCUT2D eigenvalue weighted by atomic mass is 19.4. The molecule has 0 aliphatic carbocycles. The number of nitrogens with zero attached hydrogens (tertiary/aromatic N) is 1. The smallest absolute Gasteiger partial charge is 0.314 e. The standard InChI is InChI=1S/C10H8F3NO/c1-2-3-6-14-7-8(10(11,12)13)4-5-9(14)15/h1,4-5,7H,3,6H2. The Morgan fingerprint density at radius 1 is 1.40 bits per heavy atom. The van der Waals surface area contributed by atoms with Crippen molar-refractivity contribution in [3.05, 3.63) is 34.2 Å². The second-order valence-electron chi connectivity index (χ2n) is 2.90. The Hall–Kier alpha value is -1.70. The van der Waals surface area contributed by atoms with Crippen LogP contribution in [0.15, 0.2) is 23.1 Å². The molecule has 2 nitrogen and oxygen atoms in total. The van der Waals surface area contributed by atoms with E-state index in [1.54, 1.807) is 0 Å². The van der Waals surface area contributed by atoms with Gasteiger partial charge in [0, 0.05) is 25.2 Å². The molecule has 15 heavy (non-hydrogen) atoms. The van der Waals surface area contributed by atoms with E-state index in [1.165, 1.54) is 0 Å². The Morgan fingerprint density at radius 3 is 2.60 bits per heavy atom. The highest BCUT2D eigenvalue weighted by molar-refractivity contribution is 5.13. The van der Waals surface area contributed by atoms with Crippen LogP contribution in [0.4, 0.5) is 13.2 Å². The number of alkyl halides is 3. The average molecular weight is 215 g/mol. The normalized spacial score (nSPS) is 11.1. The van der Waals surface area contributed by atoms with Crippen LogP contribution in [-0.2, 0) is 12.7 Å². The van der Waals surface area contributed by atoms with E-state index in [2.05, 4.69) is 5.92 Å². The number of halogens is 3. The van der Waals surface area contributed by atoms with Gasteiger partial charge < -0.3 is 4.57 Å². The maximum Gasteiger partial charge on any atom is 0.417 e. The number of terminal acetylenes is 1. The molecule has 1 aromatic heterocycles. The van der Waals surface area contributed by atoms with E-state index in [9.17, 15) is 18.0 Å². The van der Waals surface area contributed by atoms with Gasteiger partial charge in [-0.3, -0.25) is 4.79 Å². The van der Waals surface area contributed by atoms with E-state index in [-0.39, 0.29) is 13.0 Å². The van der Waals surface area contributed by atoms with E-state index in [0.29, 0.717) is 0 Å². The molecule has 0 amide bonds. The largest absolute Gasteiger partial charge is 0.417 e. The topological polar surface area (TPSA) is 22.0 Å². The molecule has 0 bridgehead atoms. The van der Waals surface area contributed by atoms with E-state index in [4.69, 9.17) is 6.42 Å². The molecule has 0 aliphatic rings. The first-order valence-corrected chi connectivity index (χ1v) is 4.16. The van der Waals surface area contributed by atoms with Gasteiger partial charge in [0.05, 0.1) is 5.56 Å². The summed E-state index contributed by atoms with van der Waals surface area (Å²) in [4.78, 5) is 11.1. The lowest BCUT2D eigenvalue weighted by Crippen LogP contribution is -2.21. The van der Waals surface area contributed by atoms with Crippen molar-refractivity contribution < 1.29 is 13.2 Å². The lowest BCUT2D eigenvalue weighted by atomic mass is 10.2. The van der Waals surface area contributed by atoms with Gasteiger partial charge in [0.1, 0.15) is 0 Å². The van der Waals surface area contributed by atoms with Crippen LogP contribution >= 0.6 is 0 Å².